The highest BCUT2D eigenvalue weighted by Crippen LogP contribution is 2.15. The van der Waals surface area contributed by atoms with Crippen LogP contribution < -0.4 is 10.1 Å². The van der Waals surface area contributed by atoms with E-state index in [9.17, 15) is 4.39 Å². The third-order valence-electron chi connectivity index (χ3n) is 2.96. The van der Waals surface area contributed by atoms with E-state index in [0.29, 0.717) is 17.9 Å². The molecule has 0 atom stereocenters. The van der Waals surface area contributed by atoms with Crippen LogP contribution in [-0.4, -0.2) is 10.5 Å². The Morgan fingerprint density at radius 1 is 1.24 bits per heavy atom. The first-order chi connectivity index (χ1) is 9.94. The Kier molecular flexibility index (Phi) is 4.91. The number of benzene rings is 1. The van der Waals surface area contributed by atoms with Gasteiger partial charge in [-0.2, -0.15) is 0 Å². The first-order valence-electron chi connectivity index (χ1n) is 6.99. The van der Waals surface area contributed by atoms with E-state index in [1.165, 1.54) is 6.07 Å². The summed E-state index contributed by atoms with van der Waals surface area (Å²) in [5.41, 5.74) is 1.61. The topological polar surface area (TPSA) is 34.1 Å². The van der Waals surface area contributed by atoms with Crippen LogP contribution in [0.25, 0.3) is 0 Å². The number of aromatic nitrogens is 1. The first-order valence-corrected chi connectivity index (χ1v) is 6.99. The van der Waals surface area contributed by atoms with Crippen LogP contribution in [0.2, 0.25) is 0 Å². The summed E-state index contributed by atoms with van der Waals surface area (Å²) in [5.74, 6) is 0.383. The van der Waals surface area contributed by atoms with Crippen LogP contribution in [0.5, 0.6) is 5.75 Å². The minimum atomic E-state index is -0.251. The Labute approximate surface area is 125 Å². The van der Waals surface area contributed by atoms with Crippen LogP contribution in [0.1, 0.15) is 31.9 Å². The van der Waals surface area contributed by atoms with E-state index in [1.807, 2.05) is 6.07 Å². The number of pyridine rings is 1. The molecular weight excluding hydrogens is 267 g/mol. The maximum Gasteiger partial charge on any atom is 0.138 e. The van der Waals surface area contributed by atoms with Crippen molar-refractivity contribution in [2.24, 2.45) is 0 Å². The average molecular weight is 288 g/mol. The molecule has 3 nitrogen and oxygen atoms in total. The van der Waals surface area contributed by atoms with Crippen molar-refractivity contribution in [3.63, 3.8) is 0 Å². The molecule has 0 aliphatic rings. The van der Waals surface area contributed by atoms with E-state index in [1.54, 1.807) is 30.6 Å². The molecule has 0 saturated heterocycles. The molecule has 2 aromatic rings. The lowest BCUT2D eigenvalue weighted by molar-refractivity contribution is 0.298. The van der Waals surface area contributed by atoms with Crippen LogP contribution >= 0.6 is 0 Å². The van der Waals surface area contributed by atoms with E-state index < -0.39 is 0 Å². The molecule has 0 amide bonds. The zero-order valence-corrected chi connectivity index (χ0v) is 12.7. The standard InChI is InChI=1S/C17H21FN2O/c1-17(2,3)20-10-13-6-7-16(18)14(9-13)12-21-15-5-4-8-19-11-15/h4-9,11,20H,10,12H2,1-3H3. The minimum absolute atomic E-state index is 0.0285. The summed E-state index contributed by atoms with van der Waals surface area (Å²) >= 11 is 0. The molecule has 112 valence electrons. The predicted molar refractivity (Wildman–Crippen MR) is 81.6 cm³/mol. The van der Waals surface area contributed by atoms with Gasteiger partial charge >= 0.3 is 0 Å². The number of hydrogen-bond donors (Lipinski definition) is 1. The second-order valence-corrected chi connectivity index (χ2v) is 6.01. The highest BCUT2D eigenvalue weighted by atomic mass is 19.1. The van der Waals surface area contributed by atoms with Gasteiger partial charge in [0.05, 0.1) is 6.20 Å². The molecule has 2 rings (SSSR count). The van der Waals surface area contributed by atoms with Gasteiger partial charge in [0, 0.05) is 23.8 Å². The smallest absolute Gasteiger partial charge is 0.138 e. The lowest BCUT2D eigenvalue weighted by Crippen LogP contribution is -2.35. The van der Waals surface area contributed by atoms with Gasteiger partial charge in [-0.25, -0.2) is 4.39 Å². The SMILES string of the molecule is CC(C)(C)NCc1ccc(F)c(COc2cccnc2)c1. The largest absolute Gasteiger partial charge is 0.487 e. The monoisotopic (exact) mass is 288 g/mol. The second-order valence-electron chi connectivity index (χ2n) is 6.01. The number of rotatable bonds is 5. The number of nitrogens with zero attached hydrogens (tertiary/aromatic N) is 1. The Balaban J connectivity index is 2.02. The summed E-state index contributed by atoms with van der Waals surface area (Å²) in [6.45, 7) is 7.19. The van der Waals surface area contributed by atoms with Crippen LogP contribution in [0.15, 0.2) is 42.7 Å². The van der Waals surface area contributed by atoms with Gasteiger partial charge in [0.15, 0.2) is 0 Å². The van der Waals surface area contributed by atoms with Crippen molar-refractivity contribution < 1.29 is 9.13 Å². The van der Waals surface area contributed by atoms with Gasteiger partial charge in [-0.3, -0.25) is 4.98 Å². The molecule has 0 radical (unpaired) electrons. The average Bonchev–Trinajstić information content (AvgIpc) is 2.45. The fraction of sp³-hybridized carbons (Fsp3) is 0.353. The molecule has 0 bridgehead atoms. The van der Waals surface area contributed by atoms with E-state index in [2.05, 4.69) is 31.1 Å². The van der Waals surface area contributed by atoms with E-state index in [-0.39, 0.29) is 18.0 Å². The molecule has 0 aliphatic heterocycles. The summed E-state index contributed by atoms with van der Waals surface area (Å²) in [5, 5.41) is 3.39. The molecule has 1 heterocycles. The quantitative estimate of drug-likeness (QED) is 0.911. The van der Waals surface area contributed by atoms with Crippen molar-refractivity contribution in [3.8, 4) is 5.75 Å². The maximum atomic E-state index is 13.8. The first kappa shape index (κ1) is 15.4. The maximum absolute atomic E-state index is 13.8. The molecule has 0 spiro atoms. The van der Waals surface area contributed by atoms with Crippen LogP contribution in [0.4, 0.5) is 4.39 Å². The zero-order valence-electron chi connectivity index (χ0n) is 12.7. The number of nitrogens with one attached hydrogen (secondary N) is 1. The lowest BCUT2D eigenvalue weighted by Gasteiger charge is -2.20. The second kappa shape index (κ2) is 6.68. The molecule has 4 heteroatoms. The number of halogens is 1. The van der Waals surface area contributed by atoms with E-state index in [4.69, 9.17) is 4.74 Å². The minimum Gasteiger partial charge on any atom is -0.487 e. The summed E-state index contributed by atoms with van der Waals surface area (Å²) in [4.78, 5) is 3.96. The summed E-state index contributed by atoms with van der Waals surface area (Å²) in [7, 11) is 0. The van der Waals surface area contributed by atoms with E-state index in [0.717, 1.165) is 5.56 Å². The normalized spacial score (nSPS) is 11.4. The van der Waals surface area contributed by atoms with Crippen molar-refractivity contribution >= 4 is 0 Å². The van der Waals surface area contributed by atoms with Crippen LogP contribution in [-0.2, 0) is 13.2 Å². The third-order valence-corrected chi connectivity index (χ3v) is 2.96. The molecule has 21 heavy (non-hydrogen) atoms. The highest BCUT2D eigenvalue weighted by molar-refractivity contribution is 5.26. The summed E-state index contributed by atoms with van der Waals surface area (Å²) < 4.78 is 19.4. The fourth-order valence-corrected chi connectivity index (χ4v) is 1.81. The zero-order chi connectivity index (χ0) is 15.3. The van der Waals surface area contributed by atoms with Gasteiger partial charge in [-0.05, 0) is 50.6 Å². The molecule has 0 unspecified atom stereocenters. The summed E-state index contributed by atoms with van der Waals surface area (Å²) in [6, 6.07) is 8.71. The van der Waals surface area contributed by atoms with Crippen molar-refractivity contribution in [2.45, 2.75) is 39.5 Å². The van der Waals surface area contributed by atoms with Crippen molar-refractivity contribution in [1.82, 2.24) is 10.3 Å². The number of ether oxygens (including phenoxy) is 1. The molecule has 0 saturated carbocycles. The molecular formula is C17H21FN2O. The van der Waals surface area contributed by atoms with Gasteiger partial charge in [0.1, 0.15) is 18.2 Å². The highest BCUT2D eigenvalue weighted by Gasteiger charge is 2.10. The van der Waals surface area contributed by atoms with Gasteiger partial charge in [0.2, 0.25) is 0 Å². The fourth-order valence-electron chi connectivity index (χ4n) is 1.81. The molecule has 0 aliphatic carbocycles. The lowest BCUT2D eigenvalue weighted by atomic mass is 10.1. The Bertz CT molecular complexity index is 579. The van der Waals surface area contributed by atoms with Gasteiger partial charge in [-0.15, -0.1) is 0 Å². The summed E-state index contributed by atoms with van der Waals surface area (Å²) in [6.07, 6.45) is 3.29. The Morgan fingerprint density at radius 3 is 2.71 bits per heavy atom. The van der Waals surface area contributed by atoms with Gasteiger partial charge in [0.25, 0.3) is 0 Å². The predicted octanol–water partition coefficient (Wildman–Crippen LogP) is 3.69. The Morgan fingerprint density at radius 2 is 2.05 bits per heavy atom. The van der Waals surface area contributed by atoms with Crippen LogP contribution in [0.3, 0.4) is 0 Å². The number of hydrogen-bond acceptors (Lipinski definition) is 3. The molecule has 1 N–H and O–H groups in total. The Hall–Kier alpha value is -1.94. The van der Waals surface area contributed by atoms with E-state index >= 15 is 0 Å². The third kappa shape index (κ3) is 5.16. The van der Waals surface area contributed by atoms with Crippen molar-refractivity contribution in [2.75, 3.05) is 0 Å². The molecule has 0 fully saturated rings. The van der Waals surface area contributed by atoms with Gasteiger partial charge in [-0.1, -0.05) is 6.07 Å². The van der Waals surface area contributed by atoms with Crippen molar-refractivity contribution in [3.05, 3.63) is 59.7 Å². The molecule has 1 aromatic heterocycles. The van der Waals surface area contributed by atoms with Crippen molar-refractivity contribution in [1.29, 1.82) is 0 Å². The molecule has 1 aromatic carbocycles. The van der Waals surface area contributed by atoms with Crippen LogP contribution in [0, 0.1) is 5.82 Å². The van der Waals surface area contributed by atoms with Gasteiger partial charge < -0.3 is 10.1 Å².